The van der Waals surface area contributed by atoms with Crippen LogP contribution in [0, 0.1) is 12.8 Å². The van der Waals surface area contributed by atoms with Gasteiger partial charge in [-0.05, 0) is 31.1 Å². The molecular formula is C11H18N2S. The molecule has 0 saturated carbocycles. The molecule has 0 radical (unpaired) electrons. The molecule has 1 heterocycles. The fourth-order valence-electron chi connectivity index (χ4n) is 1.43. The molecule has 0 unspecified atom stereocenters. The summed E-state index contributed by atoms with van der Waals surface area (Å²) in [4.78, 5) is 8.87. The first-order valence-electron chi connectivity index (χ1n) is 5.06. The first kappa shape index (κ1) is 11.5. The molecule has 0 aromatic carbocycles. The van der Waals surface area contributed by atoms with Crippen LogP contribution in [-0.2, 0) is 12.8 Å². The minimum absolute atomic E-state index is 0.646. The van der Waals surface area contributed by atoms with Gasteiger partial charge in [0.1, 0.15) is 5.82 Å². The van der Waals surface area contributed by atoms with Gasteiger partial charge in [-0.3, -0.25) is 0 Å². The largest absolute Gasteiger partial charge is 0.238 e. The van der Waals surface area contributed by atoms with E-state index in [4.69, 9.17) is 0 Å². The number of thiol groups is 1. The average molecular weight is 210 g/mol. The zero-order valence-electron chi connectivity index (χ0n) is 9.12. The van der Waals surface area contributed by atoms with Crippen molar-refractivity contribution in [3.05, 3.63) is 23.3 Å². The predicted octanol–water partition coefficient (Wildman–Crippen LogP) is 2.46. The van der Waals surface area contributed by atoms with Crippen LogP contribution >= 0.6 is 12.6 Å². The van der Waals surface area contributed by atoms with Gasteiger partial charge >= 0.3 is 0 Å². The lowest BCUT2D eigenvalue weighted by Crippen LogP contribution is -2.04. The van der Waals surface area contributed by atoms with Crippen molar-refractivity contribution in [3.8, 4) is 0 Å². The van der Waals surface area contributed by atoms with Crippen molar-refractivity contribution in [1.82, 2.24) is 9.97 Å². The number of aromatic nitrogens is 2. The second-order valence-corrected chi connectivity index (χ2v) is 4.44. The highest BCUT2D eigenvalue weighted by Crippen LogP contribution is 2.07. The van der Waals surface area contributed by atoms with Gasteiger partial charge in [0.05, 0.1) is 0 Å². The Labute approximate surface area is 91.6 Å². The Morgan fingerprint density at radius 3 is 2.64 bits per heavy atom. The molecule has 1 rings (SSSR count). The Bertz CT molecular complexity index is 297. The van der Waals surface area contributed by atoms with Gasteiger partial charge in [-0.2, -0.15) is 12.6 Å². The molecule has 0 aliphatic rings. The molecule has 14 heavy (non-hydrogen) atoms. The summed E-state index contributed by atoms with van der Waals surface area (Å²) in [6.07, 6.45) is 1.89. The summed E-state index contributed by atoms with van der Waals surface area (Å²) in [5.41, 5.74) is 2.22. The summed E-state index contributed by atoms with van der Waals surface area (Å²) >= 11 is 4.19. The second kappa shape index (κ2) is 5.35. The van der Waals surface area contributed by atoms with Crippen molar-refractivity contribution in [2.45, 2.75) is 33.6 Å². The van der Waals surface area contributed by atoms with E-state index in [1.165, 1.54) is 0 Å². The topological polar surface area (TPSA) is 25.8 Å². The zero-order chi connectivity index (χ0) is 10.6. The highest BCUT2D eigenvalue weighted by molar-refractivity contribution is 7.80. The molecule has 0 aliphatic carbocycles. The molecule has 0 saturated heterocycles. The molecule has 3 heteroatoms. The van der Waals surface area contributed by atoms with Gasteiger partial charge in [-0.15, -0.1) is 0 Å². The van der Waals surface area contributed by atoms with Crippen LogP contribution in [0.4, 0.5) is 0 Å². The third kappa shape index (κ3) is 3.66. The smallest absolute Gasteiger partial charge is 0.129 e. The van der Waals surface area contributed by atoms with Crippen LogP contribution in [0.3, 0.4) is 0 Å². The van der Waals surface area contributed by atoms with Crippen LogP contribution in [0.5, 0.6) is 0 Å². The van der Waals surface area contributed by atoms with Gasteiger partial charge in [0, 0.05) is 17.8 Å². The average Bonchev–Trinajstić information content (AvgIpc) is 2.01. The molecule has 0 aliphatic heterocycles. The number of aryl methyl sites for hydroxylation is 2. The summed E-state index contributed by atoms with van der Waals surface area (Å²) in [6, 6.07) is 2.07. The van der Waals surface area contributed by atoms with E-state index >= 15 is 0 Å². The lowest BCUT2D eigenvalue weighted by molar-refractivity contribution is 0.629. The number of rotatable bonds is 4. The fourth-order valence-corrected chi connectivity index (χ4v) is 1.63. The minimum Gasteiger partial charge on any atom is -0.238 e. The molecule has 0 fully saturated rings. The third-order valence-corrected chi connectivity index (χ3v) is 2.13. The summed E-state index contributed by atoms with van der Waals surface area (Å²) in [5, 5.41) is 0. The summed E-state index contributed by atoms with van der Waals surface area (Å²) < 4.78 is 0. The van der Waals surface area contributed by atoms with Gasteiger partial charge in [-0.1, -0.05) is 13.8 Å². The Hall–Kier alpha value is -0.570. The molecule has 0 N–H and O–H groups in total. The maximum Gasteiger partial charge on any atom is 0.129 e. The molecule has 2 nitrogen and oxygen atoms in total. The third-order valence-electron chi connectivity index (χ3n) is 1.91. The first-order chi connectivity index (χ1) is 6.61. The molecule has 78 valence electrons. The van der Waals surface area contributed by atoms with Crippen LogP contribution in [0.15, 0.2) is 6.07 Å². The van der Waals surface area contributed by atoms with Crippen molar-refractivity contribution in [2.75, 3.05) is 5.75 Å². The molecule has 0 spiro atoms. The molecule has 1 aromatic heterocycles. The Morgan fingerprint density at radius 2 is 2.07 bits per heavy atom. The van der Waals surface area contributed by atoms with E-state index < -0.39 is 0 Å². The van der Waals surface area contributed by atoms with Crippen LogP contribution in [0.2, 0.25) is 0 Å². The normalized spacial score (nSPS) is 10.9. The maximum absolute atomic E-state index is 4.50. The quantitative estimate of drug-likeness (QED) is 0.772. The fraction of sp³-hybridized carbons (Fsp3) is 0.636. The van der Waals surface area contributed by atoms with E-state index in [2.05, 4.69) is 42.5 Å². The number of nitrogens with zero attached hydrogens (tertiary/aromatic N) is 2. The second-order valence-electron chi connectivity index (χ2n) is 3.99. The minimum atomic E-state index is 0.646. The predicted molar refractivity (Wildman–Crippen MR) is 62.9 cm³/mol. The molecular weight excluding hydrogens is 192 g/mol. The van der Waals surface area contributed by atoms with Gasteiger partial charge in [-0.25, -0.2) is 9.97 Å². The Balaban J connectivity index is 2.83. The van der Waals surface area contributed by atoms with Crippen molar-refractivity contribution in [1.29, 1.82) is 0 Å². The van der Waals surface area contributed by atoms with E-state index in [9.17, 15) is 0 Å². The van der Waals surface area contributed by atoms with Crippen LogP contribution in [-0.4, -0.2) is 15.7 Å². The van der Waals surface area contributed by atoms with Crippen LogP contribution < -0.4 is 0 Å². The SMILES string of the molecule is Cc1cc(CC(C)C)nc(CCS)n1. The molecule has 0 bridgehead atoms. The van der Waals surface area contributed by atoms with E-state index in [0.29, 0.717) is 5.92 Å². The van der Waals surface area contributed by atoms with Gasteiger partial charge in [0.25, 0.3) is 0 Å². The highest BCUT2D eigenvalue weighted by Gasteiger charge is 2.03. The standard InChI is InChI=1S/C11H18N2S/c1-8(2)6-10-7-9(3)12-11(13-10)4-5-14/h7-8,14H,4-6H2,1-3H3. The summed E-state index contributed by atoms with van der Waals surface area (Å²) in [5.74, 6) is 2.38. The summed E-state index contributed by atoms with van der Waals surface area (Å²) in [7, 11) is 0. The Morgan fingerprint density at radius 1 is 1.36 bits per heavy atom. The van der Waals surface area contributed by atoms with E-state index in [1.807, 2.05) is 6.92 Å². The van der Waals surface area contributed by atoms with Crippen molar-refractivity contribution in [3.63, 3.8) is 0 Å². The molecule has 0 atom stereocenters. The van der Waals surface area contributed by atoms with Crippen molar-refractivity contribution < 1.29 is 0 Å². The van der Waals surface area contributed by atoms with E-state index in [1.54, 1.807) is 0 Å². The maximum atomic E-state index is 4.50. The van der Waals surface area contributed by atoms with Gasteiger partial charge < -0.3 is 0 Å². The first-order valence-corrected chi connectivity index (χ1v) is 5.69. The number of hydrogen-bond donors (Lipinski definition) is 1. The van der Waals surface area contributed by atoms with E-state index in [0.717, 1.165) is 35.8 Å². The van der Waals surface area contributed by atoms with E-state index in [-0.39, 0.29) is 0 Å². The lowest BCUT2D eigenvalue weighted by atomic mass is 10.1. The Kier molecular flexibility index (Phi) is 4.39. The monoisotopic (exact) mass is 210 g/mol. The highest BCUT2D eigenvalue weighted by atomic mass is 32.1. The lowest BCUT2D eigenvalue weighted by Gasteiger charge is -2.07. The van der Waals surface area contributed by atoms with Gasteiger partial charge in [0.15, 0.2) is 0 Å². The van der Waals surface area contributed by atoms with Crippen LogP contribution in [0.25, 0.3) is 0 Å². The van der Waals surface area contributed by atoms with Crippen LogP contribution in [0.1, 0.15) is 31.1 Å². The van der Waals surface area contributed by atoms with Crippen molar-refractivity contribution in [2.24, 2.45) is 5.92 Å². The number of hydrogen-bond acceptors (Lipinski definition) is 3. The van der Waals surface area contributed by atoms with Gasteiger partial charge in [0.2, 0.25) is 0 Å². The zero-order valence-corrected chi connectivity index (χ0v) is 10.0. The summed E-state index contributed by atoms with van der Waals surface area (Å²) in [6.45, 7) is 6.43. The molecule has 0 amide bonds. The molecule has 1 aromatic rings. The van der Waals surface area contributed by atoms with Crippen molar-refractivity contribution >= 4 is 12.6 Å².